The Morgan fingerprint density at radius 3 is 2.60 bits per heavy atom. The molecule has 1 aromatic carbocycles. The molecule has 0 bridgehead atoms. The van der Waals surface area contributed by atoms with Crippen molar-refractivity contribution >= 4 is 0 Å². The van der Waals surface area contributed by atoms with E-state index >= 15 is 0 Å². The number of aromatic nitrogens is 5. The molecule has 2 aromatic heterocycles. The van der Waals surface area contributed by atoms with E-state index in [1.807, 2.05) is 0 Å². The lowest BCUT2D eigenvalue weighted by Gasteiger charge is -2.21. The number of tetrazole rings is 1. The molecule has 0 amide bonds. The highest BCUT2D eigenvalue weighted by atomic mass is 19.1. The van der Waals surface area contributed by atoms with Crippen LogP contribution in [0.2, 0.25) is 0 Å². The molecule has 3 aromatic rings. The van der Waals surface area contributed by atoms with Crippen LogP contribution in [0.15, 0.2) is 18.2 Å². The predicted octanol–water partition coefficient (Wildman–Crippen LogP) is 3.64. The first kappa shape index (κ1) is 19.0. The van der Waals surface area contributed by atoms with Crippen molar-refractivity contribution in [3.05, 3.63) is 41.1 Å². The number of fused-ring (bicyclic) bond motifs is 1. The molecule has 3 heterocycles. The Morgan fingerprint density at radius 1 is 1.03 bits per heavy atom. The SMILES string of the molecule is Fc1cc(F)cc(-c2c3c(nc(OC4CCOC4)c2-c2nn[nH]n2)CCCCC3)c1. The van der Waals surface area contributed by atoms with E-state index in [-0.39, 0.29) is 11.9 Å². The van der Waals surface area contributed by atoms with Crippen molar-refractivity contribution in [1.82, 2.24) is 25.6 Å². The van der Waals surface area contributed by atoms with E-state index < -0.39 is 11.6 Å². The van der Waals surface area contributed by atoms with Crippen molar-refractivity contribution in [3.63, 3.8) is 0 Å². The van der Waals surface area contributed by atoms with Gasteiger partial charge in [-0.15, -0.1) is 10.2 Å². The number of pyridine rings is 1. The van der Waals surface area contributed by atoms with Gasteiger partial charge >= 0.3 is 0 Å². The van der Waals surface area contributed by atoms with Gasteiger partial charge in [0, 0.05) is 23.7 Å². The summed E-state index contributed by atoms with van der Waals surface area (Å²) in [6.07, 6.45) is 5.18. The largest absolute Gasteiger partial charge is 0.471 e. The molecular formula is C21H21F2N5O2. The predicted molar refractivity (Wildman–Crippen MR) is 104 cm³/mol. The summed E-state index contributed by atoms with van der Waals surface area (Å²) in [4.78, 5) is 4.84. The molecule has 1 aliphatic heterocycles. The van der Waals surface area contributed by atoms with Gasteiger partial charge in [-0.2, -0.15) is 5.21 Å². The summed E-state index contributed by atoms with van der Waals surface area (Å²) in [6, 6.07) is 3.52. The monoisotopic (exact) mass is 413 g/mol. The van der Waals surface area contributed by atoms with Crippen LogP contribution >= 0.6 is 0 Å². The maximum atomic E-state index is 14.2. The van der Waals surface area contributed by atoms with E-state index in [1.54, 1.807) is 0 Å². The molecule has 1 atom stereocenters. The van der Waals surface area contributed by atoms with E-state index in [1.165, 1.54) is 12.1 Å². The van der Waals surface area contributed by atoms with E-state index in [2.05, 4.69) is 20.6 Å². The second-order valence-corrected chi connectivity index (χ2v) is 7.65. The van der Waals surface area contributed by atoms with E-state index in [4.69, 9.17) is 14.5 Å². The van der Waals surface area contributed by atoms with Crippen LogP contribution < -0.4 is 4.74 Å². The van der Waals surface area contributed by atoms with Crippen LogP contribution in [0, 0.1) is 11.6 Å². The fourth-order valence-corrected chi connectivity index (χ4v) is 4.24. The Hall–Kier alpha value is -2.94. The van der Waals surface area contributed by atoms with Gasteiger partial charge in [0.1, 0.15) is 17.7 Å². The highest BCUT2D eigenvalue weighted by molar-refractivity contribution is 5.86. The summed E-state index contributed by atoms with van der Waals surface area (Å²) >= 11 is 0. The van der Waals surface area contributed by atoms with Crippen LogP contribution in [-0.4, -0.2) is 44.9 Å². The molecule has 5 rings (SSSR count). The van der Waals surface area contributed by atoms with Crippen molar-refractivity contribution in [2.45, 2.75) is 44.6 Å². The van der Waals surface area contributed by atoms with Crippen LogP contribution in [0.5, 0.6) is 5.88 Å². The van der Waals surface area contributed by atoms with Crippen LogP contribution in [0.4, 0.5) is 8.78 Å². The molecule has 30 heavy (non-hydrogen) atoms. The number of hydrogen-bond donors (Lipinski definition) is 1. The summed E-state index contributed by atoms with van der Waals surface area (Å²) < 4.78 is 40.0. The van der Waals surface area contributed by atoms with Crippen molar-refractivity contribution < 1.29 is 18.3 Å². The third-order valence-corrected chi connectivity index (χ3v) is 5.58. The third kappa shape index (κ3) is 3.65. The topological polar surface area (TPSA) is 85.8 Å². The van der Waals surface area contributed by atoms with Gasteiger partial charge in [-0.25, -0.2) is 13.8 Å². The van der Waals surface area contributed by atoms with Crippen LogP contribution in [0.25, 0.3) is 22.5 Å². The summed E-state index contributed by atoms with van der Waals surface area (Å²) in [5.74, 6) is -0.653. The molecule has 7 nitrogen and oxygen atoms in total. The normalized spacial score (nSPS) is 18.8. The minimum absolute atomic E-state index is 0.149. The van der Waals surface area contributed by atoms with Gasteiger partial charge < -0.3 is 9.47 Å². The summed E-state index contributed by atoms with van der Waals surface area (Å²) in [7, 11) is 0. The van der Waals surface area contributed by atoms with Crippen molar-refractivity contribution in [2.75, 3.05) is 13.2 Å². The molecule has 0 radical (unpaired) electrons. The molecule has 0 spiro atoms. The zero-order valence-corrected chi connectivity index (χ0v) is 16.3. The smallest absolute Gasteiger partial charge is 0.226 e. The van der Waals surface area contributed by atoms with E-state index in [9.17, 15) is 8.78 Å². The van der Waals surface area contributed by atoms with Gasteiger partial charge in [-0.1, -0.05) is 6.42 Å². The van der Waals surface area contributed by atoms with Gasteiger partial charge in [0.25, 0.3) is 0 Å². The van der Waals surface area contributed by atoms with Crippen molar-refractivity contribution in [1.29, 1.82) is 0 Å². The van der Waals surface area contributed by atoms with Gasteiger partial charge in [0.2, 0.25) is 11.7 Å². The molecular weight excluding hydrogens is 392 g/mol. The van der Waals surface area contributed by atoms with Gasteiger partial charge in [0.05, 0.1) is 18.8 Å². The first-order valence-electron chi connectivity index (χ1n) is 10.2. The van der Waals surface area contributed by atoms with E-state index in [0.717, 1.165) is 55.8 Å². The Morgan fingerprint density at radius 2 is 1.87 bits per heavy atom. The van der Waals surface area contributed by atoms with Gasteiger partial charge in [0.15, 0.2) is 0 Å². The fourth-order valence-electron chi connectivity index (χ4n) is 4.24. The summed E-state index contributed by atoms with van der Waals surface area (Å²) in [5.41, 5.74) is 3.44. The number of aromatic amines is 1. The number of benzene rings is 1. The number of ether oxygens (including phenoxy) is 2. The highest BCUT2D eigenvalue weighted by Crippen LogP contribution is 2.43. The standard InChI is InChI=1S/C21H21F2N5O2/c22-13-8-12(9-14(23)10-13)18-16-4-2-1-3-5-17(16)24-21(30-15-6-7-29-11-15)19(18)20-25-27-28-26-20/h8-10,15H,1-7,11H2,(H,25,26,27,28). The number of halogens is 2. The molecule has 0 saturated carbocycles. The molecule has 1 fully saturated rings. The average molecular weight is 413 g/mol. The minimum Gasteiger partial charge on any atom is -0.471 e. The molecule has 2 aliphatic rings. The first-order chi connectivity index (χ1) is 14.7. The maximum absolute atomic E-state index is 14.2. The lowest BCUT2D eigenvalue weighted by Crippen LogP contribution is -2.18. The molecule has 1 aliphatic carbocycles. The molecule has 1 N–H and O–H groups in total. The first-order valence-corrected chi connectivity index (χ1v) is 10.2. The van der Waals surface area contributed by atoms with Gasteiger partial charge in [-0.3, -0.25) is 0 Å². The summed E-state index contributed by atoms with van der Waals surface area (Å²) in [6.45, 7) is 1.09. The van der Waals surface area contributed by atoms with Gasteiger partial charge in [-0.05, 0) is 54.2 Å². The lowest BCUT2D eigenvalue weighted by molar-refractivity contribution is 0.138. The second-order valence-electron chi connectivity index (χ2n) is 7.65. The zero-order chi connectivity index (χ0) is 20.5. The Balaban J connectivity index is 1.78. The van der Waals surface area contributed by atoms with Crippen molar-refractivity contribution in [3.8, 4) is 28.4 Å². The second kappa shape index (κ2) is 8.06. The van der Waals surface area contributed by atoms with E-state index in [0.29, 0.717) is 35.8 Å². The Bertz CT molecular complexity index is 1030. The lowest BCUT2D eigenvalue weighted by atomic mass is 9.91. The number of rotatable bonds is 4. The Kier molecular flexibility index (Phi) is 5.12. The molecule has 1 saturated heterocycles. The molecule has 156 valence electrons. The highest BCUT2D eigenvalue weighted by Gasteiger charge is 2.29. The number of nitrogens with one attached hydrogen (secondary N) is 1. The minimum atomic E-state index is -0.644. The fraction of sp³-hybridized carbons (Fsp3) is 0.429. The maximum Gasteiger partial charge on any atom is 0.226 e. The summed E-state index contributed by atoms with van der Waals surface area (Å²) in [5, 5.41) is 14.4. The number of hydrogen-bond acceptors (Lipinski definition) is 6. The Labute approximate surface area is 171 Å². The van der Waals surface area contributed by atoms with Crippen LogP contribution in [0.1, 0.15) is 36.9 Å². The van der Waals surface area contributed by atoms with Crippen molar-refractivity contribution in [2.24, 2.45) is 0 Å². The average Bonchev–Trinajstić information content (AvgIpc) is 3.37. The quantitative estimate of drug-likeness (QED) is 0.658. The zero-order valence-electron chi connectivity index (χ0n) is 16.3. The van der Waals surface area contributed by atoms with Crippen LogP contribution in [0.3, 0.4) is 0 Å². The molecule has 9 heteroatoms. The van der Waals surface area contributed by atoms with Crippen LogP contribution in [-0.2, 0) is 17.6 Å². The third-order valence-electron chi connectivity index (χ3n) is 5.58. The number of nitrogens with zero attached hydrogens (tertiary/aromatic N) is 4. The number of H-pyrrole nitrogens is 1. The molecule has 1 unspecified atom stereocenters. The number of aryl methyl sites for hydroxylation is 1.